The van der Waals surface area contributed by atoms with E-state index in [1.807, 2.05) is 0 Å². The number of nitrogens with two attached hydrogens (primary N) is 2. The van der Waals surface area contributed by atoms with Crippen molar-refractivity contribution in [2.45, 2.75) is 25.8 Å². The molecule has 2 rings (SSSR count). The van der Waals surface area contributed by atoms with Gasteiger partial charge in [0.2, 0.25) is 11.8 Å². The normalized spacial score (nSPS) is 11.6. The summed E-state index contributed by atoms with van der Waals surface area (Å²) in [5.41, 5.74) is 11.9. The van der Waals surface area contributed by atoms with Crippen molar-refractivity contribution in [2.75, 3.05) is 5.32 Å². The molecule has 2 aromatic rings. The van der Waals surface area contributed by atoms with Crippen molar-refractivity contribution in [3.8, 4) is 0 Å². The Kier molecular flexibility index (Phi) is 6.47. The van der Waals surface area contributed by atoms with Crippen molar-refractivity contribution in [1.82, 2.24) is 0 Å². The van der Waals surface area contributed by atoms with Crippen LogP contribution < -0.4 is 22.4 Å². The Morgan fingerprint density at radius 2 is 2.00 bits per heavy atom. The molecule has 5 N–H and O–H groups in total. The maximum Gasteiger partial charge on any atom is 0.336 e. The van der Waals surface area contributed by atoms with E-state index in [0.717, 1.165) is 10.9 Å². The SMILES string of the molecule is Br.Cc1cc(=O)oc2cc(NC(=O)C(N)CCC(N)=O)ccc12. The fourth-order valence-corrected chi connectivity index (χ4v) is 2.07. The van der Waals surface area contributed by atoms with E-state index >= 15 is 0 Å². The highest BCUT2D eigenvalue weighted by molar-refractivity contribution is 8.93. The highest BCUT2D eigenvalue weighted by atomic mass is 79.9. The molecule has 1 atom stereocenters. The number of amides is 2. The van der Waals surface area contributed by atoms with Gasteiger partial charge in [-0.15, -0.1) is 17.0 Å². The Bertz CT molecular complexity index is 788. The average Bonchev–Trinajstić information content (AvgIpc) is 2.43. The number of hydrogen-bond acceptors (Lipinski definition) is 5. The first-order valence-corrected chi connectivity index (χ1v) is 6.76. The first kappa shape index (κ1) is 18.9. The van der Waals surface area contributed by atoms with Crippen molar-refractivity contribution in [3.63, 3.8) is 0 Å². The van der Waals surface area contributed by atoms with E-state index in [2.05, 4.69) is 5.32 Å². The summed E-state index contributed by atoms with van der Waals surface area (Å²) in [4.78, 5) is 34.0. The summed E-state index contributed by atoms with van der Waals surface area (Å²) in [6, 6.07) is 5.56. The van der Waals surface area contributed by atoms with Crippen molar-refractivity contribution < 1.29 is 14.0 Å². The number of hydrogen-bond donors (Lipinski definition) is 3. The van der Waals surface area contributed by atoms with Gasteiger partial charge in [-0.3, -0.25) is 9.59 Å². The lowest BCUT2D eigenvalue weighted by atomic mass is 10.1. The van der Waals surface area contributed by atoms with Crippen LogP contribution in [0.25, 0.3) is 11.0 Å². The van der Waals surface area contributed by atoms with Crippen LogP contribution in [0.3, 0.4) is 0 Å². The standard InChI is InChI=1S/C15H17N3O4.BrH/c1-8-6-14(20)22-12-7-9(2-3-10(8)12)18-15(21)11(16)4-5-13(17)19;/h2-3,6-7,11H,4-5,16H2,1H3,(H2,17,19)(H,18,21);1H. The summed E-state index contributed by atoms with van der Waals surface area (Å²) in [5.74, 6) is -0.943. The van der Waals surface area contributed by atoms with E-state index in [1.54, 1.807) is 25.1 Å². The summed E-state index contributed by atoms with van der Waals surface area (Å²) >= 11 is 0. The van der Waals surface area contributed by atoms with E-state index in [4.69, 9.17) is 15.9 Å². The third kappa shape index (κ3) is 4.90. The lowest BCUT2D eigenvalue weighted by molar-refractivity contribution is -0.119. The topological polar surface area (TPSA) is 128 Å². The number of primary amides is 1. The Morgan fingerprint density at radius 3 is 2.65 bits per heavy atom. The minimum Gasteiger partial charge on any atom is -0.423 e. The van der Waals surface area contributed by atoms with Crippen LogP contribution in [0.5, 0.6) is 0 Å². The summed E-state index contributed by atoms with van der Waals surface area (Å²) < 4.78 is 5.10. The number of nitrogens with one attached hydrogen (secondary N) is 1. The van der Waals surface area contributed by atoms with Gasteiger partial charge in [0.1, 0.15) is 5.58 Å². The van der Waals surface area contributed by atoms with E-state index in [0.29, 0.717) is 11.3 Å². The van der Waals surface area contributed by atoms with E-state index in [9.17, 15) is 14.4 Å². The van der Waals surface area contributed by atoms with E-state index < -0.39 is 23.5 Å². The van der Waals surface area contributed by atoms with Gasteiger partial charge < -0.3 is 21.2 Å². The molecule has 2 amide bonds. The number of fused-ring (bicyclic) bond motifs is 1. The van der Waals surface area contributed by atoms with Crippen LogP contribution in [-0.4, -0.2) is 17.9 Å². The first-order chi connectivity index (χ1) is 10.4. The largest absolute Gasteiger partial charge is 0.423 e. The predicted octanol–water partition coefficient (Wildman–Crippen LogP) is 1.21. The van der Waals surface area contributed by atoms with Gasteiger partial charge in [0.05, 0.1) is 6.04 Å². The van der Waals surface area contributed by atoms with Crippen LogP contribution in [0.1, 0.15) is 18.4 Å². The maximum atomic E-state index is 11.9. The number of aryl methyl sites for hydroxylation is 1. The summed E-state index contributed by atoms with van der Waals surface area (Å²) in [7, 11) is 0. The summed E-state index contributed by atoms with van der Waals surface area (Å²) in [6.07, 6.45) is 0.212. The van der Waals surface area contributed by atoms with Crippen molar-refractivity contribution >= 4 is 45.5 Å². The first-order valence-electron chi connectivity index (χ1n) is 6.76. The van der Waals surface area contributed by atoms with Crippen molar-refractivity contribution in [1.29, 1.82) is 0 Å². The zero-order valence-corrected chi connectivity index (χ0v) is 14.2. The average molecular weight is 384 g/mol. The molecule has 1 aromatic heterocycles. The molecule has 0 fully saturated rings. The minimum atomic E-state index is -0.840. The van der Waals surface area contributed by atoms with Gasteiger partial charge in [-0.05, 0) is 31.0 Å². The molecule has 124 valence electrons. The van der Waals surface area contributed by atoms with Crippen LogP contribution in [0.15, 0.2) is 33.5 Å². The molecule has 0 aliphatic heterocycles. The molecule has 8 heteroatoms. The lowest BCUT2D eigenvalue weighted by Crippen LogP contribution is -2.36. The zero-order valence-electron chi connectivity index (χ0n) is 12.5. The summed E-state index contributed by atoms with van der Waals surface area (Å²) in [5, 5.41) is 3.41. The molecular weight excluding hydrogens is 366 g/mol. The molecular formula is C15H18BrN3O4. The lowest BCUT2D eigenvalue weighted by Gasteiger charge is -2.12. The number of carbonyl (C=O) groups is 2. The molecule has 0 bridgehead atoms. The van der Waals surface area contributed by atoms with Gasteiger partial charge in [0.25, 0.3) is 0 Å². The van der Waals surface area contributed by atoms with Gasteiger partial charge >= 0.3 is 5.63 Å². The molecule has 1 unspecified atom stereocenters. The molecule has 0 radical (unpaired) electrons. The van der Waals surface area contributed by atoms with Crippen LogP contribution in [0.4, 0.5) is 5.69 Å². The Labute approximate surface area is 142 Å². The zero-order chi connectivity index (χ0) is 16.3. The van der Waals surface area contributed by atoms with Crippen LogP contribution in [0, 0.1) is 6.92 Å². The quantitative estimate of drug-likeness (QED) is 0.668. The number of rotatable bonds is 5. The Balaban J connectivity index is 0.00000264. The number of halogens is 1. The maximum absolute atomic E-state index is 11.9. The number of benzene rings is 1. The fraction of sp³-hybridized carbons (Fsp3) is 0.267. The molecule has 0 aliphatic carbocycles. The van der Waals surface area contributed by atoms with Crippen LogP contribution in [0.2, 0.25) is 0 Å². The van der Waals surface area contributed by atoms with Gasteiger partial charge in [-0.1, -0.05) is 0 Å². The van der Waals surface area contributed by atoms with Crippen molar-refractivity contribution in [3.05, 3.63) is 40.2 Å². The van der Waals surface area contributed by atoms with E-state index in [1.165, 1.54) is 6.07 Å². The summed E-state index contributed by atoms with van der Waals surface area (Å²) in [6.45, 7) is 1.80. The second kappa shape index (κ2) is 7.89. The second-order valence-corrected chi connectivity index (χ2v) is 5.06. The predicted molar refractivity (Wildman–Crippen MR) is 92.6 cm³/mol. The molecule has 7 nitrogen and oxygen atoms in total. The molecule has 1 aromatic carbocycles. The van der Waals surface area contributed by atoms with Gasteiger partial charge in [0.15, 0.2) is 0 Å². The van der Waals surface area contributed by atoms with E-state index in [-0.39, 0.29) is 29.8 Å². The smallest absolute Gasteiger partial charge is 0.336 e. The van der Waals surface area contributed by atoms with Gasteiger partial charge in [-0.25, -0.2) is 4.79 Å². The third-order valence-corrected chi connectivity index (χ3v) is 3.26. The molecule has 0 aliphatic rings. The molecule has 0 spiro atoms. The molecule has 23 heavy (non-hydrogen) atoms. The minimum absolute atomic E-state index is 0. The highest BCUT2D eigenvalue weighted by Crippen LogP contribution is 2.20. The van der Waals surface area contributed by atoms with Crippen LogP contribution in [-0.2, 0) is 9.59 Å². The Hall–Kier alpha value is -2.19. The third-order valence-electron chi connectivity index (χ3n) is 3.26. The van der Waals surface area contributed by atoms with Crippen LogP contribution >= 0.6 is 17.0 Å². The second-order valence-electron chi connectivity index (χ2n) is 5.06. The monoisotopic (exact) mass is 383 g/mol. The van der Waals surface area contributed by atoms with Gasteiger partial charge in [-0.2, -0.15) is 0 Å². The molecule has 0 saturated carbocycles. The number of anilines is 1. The van der Waals surface area contributed by atoms with Gasteiger partial charge in [0, 0.05) is 29.6 Å². The Morgan fingerprint density at radius 1 is 1.30 bits per heavy atom. The number of carbonyl (C=O) groups excluding carboxylic acids is 2. The molecule has 1 heterocycles. The highest BCUT2D eigenvalue weighted by Gasteiger charge is 2.15. The molecule has 0 saturated heterocycles. The van der Waals surface area contributed by atoms with Crippen molar-refractivity contribution in [2.24, 2.45) is 11.5 Å². The fourth-order valence-electron chi connectivity index (χ4n) is 2.07.